The summed E-state index contributed by atoms with van der Waals surface area (Å²) in [5.74, 6) is -7.64. The monoisotopic (exact) mass is 262 g/mol. The van der Waals surface area contributed by atoms with Gasteiger partial charge in [0, 0.05) is 25.2 Å². The molecule has 1 fully saturated rings. The lowest BCUT2D eigenvalue weighted by molar-refractivity contribution is 0.0778. The maximum atomic E-state index is 13.4. The lowest BCUT2D eigenvalue weighted by atomic mass is 10.1. The fourth-order valence-corrected chi connectivity index (χ4v) is 1.89. The van der Waals surface area contributed by atoms with Crippen molar-refractivity contribution in [3.05, 3.63) is 34.9 Å². The van der Waals surface area contributed by atoms with E-state index in [1.54, 1.807) is 0 Å². The van der Waals surface area contributed by atoms with Crippen LogP contribution in [0.4, 0.5) is 17.6 Å². The van der Waals surface area contributed by atoms with Gasteiger partial charge in [0.25, 0.3) is 5.91 Å². The van der Waals surface area contributed by atoms with Crippen LogP contribution in [0.5, 0.6) is 0 Å². The smallest absolute Gasteiger partial charge is 0.260 e. The molecule has 0 spiro atoms. The average molecular weight is 262 g/mol. The first-order valence-electron chi connectivity index (χ1n) is 5.29. The molecule has 1 aromatic carbocycles. The van der Waals surface area contributed by atoms with Crippen molar-refractivity contribution in [1.82, 2.24) is 4.90 Å². The average Bonchev–Trinajstić information content (AvgIpc) is 2.73. The molecule has 0 aliphatic carbocycles. The predicted molar refractivity (Wildman–Crippen MR) is 54.8 cm³/mol. The first-order valence-corrected chi connectivity index (χ1v) is 5.29. The summed E-state index contributed by atoms with van der Waals surface area (Å²) < 4.78 is 52.7. The van der Waals surface area contributed by atoms with Crippen LogP contribution in [0, 0.1) is 23.3 Å². The first-order chi connectivity index (χ1) is 8.41. The summed E-state index contributed by atoms with van der Waals surface area (Å²) in [5, 5.41) is 0. The van der Waals surface area contributed by atoms with Crippen molar-refractivity contribution in [2.45, 2.75) is 12.5 Å². The van der Waals surface area contributed by atoms with Crippen LogP contribution >= 0.6 is 0 Å². The Balaban J connectivity index is 2.41. The third-order valence-electron chi connectivity index (χ3n) is 2.84. The van der Waals surface area contributed by atoms with Gasteiger partial charge in [0.15, 0.2) is 23.3 Å². The normalized spacial score (nSPS) is 19.4. The maximum Gasteiger partial charge on any atom is 0.260 e. The molecule has 18 heavy (non-hydrogen) atoms. The number of nitrogens with two attached hydrogens (primary N) is 1. The van der Waals surface area contributed by atoms with Crippen molar-refractivity contribution in [2.24, 2.45) is 5.73 Å². The fraction of sp³-hybridized carbons (Fsp3) is 0.364. The van der Waals surface area contributed by atoms with Crippen molar-refractivity contribution >= 4 is 5.91 Å². The highest BCUT2D eigenvalue weighted by Crippen LogP contribution is 2.22. The largest absolute Gasteiger partial charge is 0.337 e. The molecule has 0 aromatic heterocycles. The molecule has 0 unspecified atom stereocenters. The van der Waals surface area contributed by atoms with Gasteiger partial charge >= 0.3 is 0 Å². The number of halogens is 4. The summed E-state index contributed by atoms with van der Waals surface area (Å²) in [4.78, 5) is 12.9. The molecule has 2 rings (SSSR count). The first kappa shape index (κ1) is 12.8. The molecule has 0 radical (unpaired) electrons. The molecule has 0 bridgehead atoms. The predicted octanol–water partition coefficient (Wildman–Crippen LogP) is 1.42. The minimum absolute atomic E-state index is 0.0666. The van der Waals surface area contributed by atoms with Gasteiger partial charge in [-0.05, 0) is 6.42 Å². The van der Waals surface area contributed by atoms with Crippen LogP contribution in [0.25, 0.3) is 0 Å². The molecular weight excluding hydrogens is 252 g/mol. The minimum atomic E-state index is -1.68. The second-order valence-electron chi connectivity index (χ2n) is 4.14. The van der Waals surface area contributed by atoms with Gasteiger partial charge in [0.05, 0.1) is 0 Å². The Bertz CT molecular complexity index is 480. The topological polar surface area (TPSA) is 46.3 Å². The zero-order valence-corrected chi connectivity index (χ0v) is 9.22. The van der Waals surface area contributed by atoms with Crippen LogP contribution in [0.1, 0.15) is 16.8 Å². The summed E-state index contributed by atoms with van der Waals surface area (Å²) in [6.45, 7) is 0.312. The number of amides is 1. The maximum absolute atomic E-state index is 13.4. The van der Waals surface area contributed by atoms with E-state index in [-0.39, 0.29) is 25.2 Å². The SMILES string of the molecule is N[C@@H]1CCN(C(=O)c2c(F)c(F)cc(F)c2F)C1. The molecular formula is C11H10F4N2O. The van der Waals surface area contributed by atoms with Crippen LogP contribution < -0.4 is 5.73 Å². The summed E-state index contributed by atoms with van der Waals surface area (Å²) in [5.41, 5.74) is 4.34. The van der Waals surface area contributed by atoms with Gasteiger partial charge in [-0.15, -0.1) is 0 Å². The third-order valence-corrected chi connectivity index (χ3v) is 2.84. The Morgan fingerprint density at radius 2 is 1.78 bits per heavy atom. The highest BCUT2D eigenvalue weighted by molar-refractivity contribution is 5.95. The van der Waals surface area contributed by atoms with E-state index in [4.69, 9.17) is 5.73 Å². The number of carbonyl (C=O) groups excluding carboxylic acids is 1. The molecule has 7 heteroatoms. The van der Waals surface area contributed by atoms with E-state index >= 15 is 0 Å². The van der Waals surface area contributed by atoms with Crippen LogP contribution in [-0.2, 0) is 0 Å². The van der Waals surface area contributed by atoms with E-state index in [1.165, 1.54) is 0 Å². The van der Waals surface area contributed by atoms with Gasteiger partial charge in [-0.3, -0.25) is 4.79 Å². The second kappa shape index (κ2) is 4.56. The lowest BCUT2D eigenvalue weighted by Crippen LogP contribution is -2.33. The summed E-state index contributed by atoms with van der Waals surface area (Å²) in [6.07, 6.45) is 0.479. The summed E-state index contributed by atoms with van der Waals surface area (Å²) >= 11 is 0. The lowest BCUT2D eigenvalue weighted by Gasteiger charge is -2.16. The van der Waals surface area contributed by atoms with Gasteiger partial charge in [-0.1, -0.05) is 0 Å². The quantitative estimate of drug-likeness (QED) is 0.614. The van der Waals surface area contributed by atoms with Gasteiger partial charge in [-0.2, -0.15) is 0 Å². The minimum Gasteiger partial charge on any atom is -0.337 e. The molecule has 1 heterocycles. The fourth-order valence-electron chi connectivity index (χ4n) is 1.89. The van der Waals surface area contributed by atoms with E-state index in [1.807, 2.05) is 0 Å². The van der Waals surface area contributed by atoms with Crippen molar-refractivity contribution in [2.75, 3.05) is 13.1 Å². The van der Waals surface area contributed by atoms with E-state index in [2.05, 4.69) is 0 Å². The molecule has 1 amide bonds. The Morgan fingerprint density at radius 1 is 1.22 bits per heavy atom. The second-order valence-corrected chi connectivity index (χ2v) is 4.14. The Kier molecular flexibility index (Phi) is 3.25. The van der Waals surface area contributed by atoms with Gasteiger partial charge in [0.2, 0.25) is 0 Å². The van der Waals surface area contributed by atoms with Crippen LogP contribution in [-0.4, -0.2) is 29.9 Å². The van der Waals surface area contributed by atoms with Crippen LogP contribution in [0.15, 0.2) is 6.07 Å². The van der Waals surface area contributed by atoms with E-state index in [0.717, 1.165) is 4.90 Å². The number of hydrogen-bond donors (Lipinski definition) is 1. The van der Waals surface area contributed by atoms with Gasteiger partial charge < -0.3 is 10.6 Å². The number of nitrogens with zero attached hydrogens (tertiary/aromatic N) is 1. The number of rotatable bonds is 1. The molecule has 3 nitrogen and oxygen atoms in total. The standard InChI is InChI=1S/C11H10F4N2O/c12-6-3-7(13)10(15)8(9(6)14)11(18)17-2-1-5(16)4-17/h3,5H,1-2,4,16H2/t5-/m1/s1. The van der Waals surface area contributed by atoms with E-state index in [9.17, 15) is 22.4 Å². The van der Waals surface area contributed by atoms with Crippen molar-refractivity contribution in [3.8, 4) is 0 Å². The number of hydrogen-bond acceptors (Lipinski definition) is 2. The Labute approximate surface area is 100 Å². The van der Waals surface area contributed by atoms with Crippen molar-refractivity contribution in [3.63, 3.8) is 0 Å². The number of likely N-dealkylation sites (tertiary alicyclic amines) is 1. The number of benzene rings is 1. The zero-order chi connectivity index (χ0) is 13.4. The number of carbonyl (C=O) groups is 1. The van der Waals surface area contributed by atoms with E-state index in [0.29, 0.717) is 6.42 Å². The molecule has 1 aliphatic rings. The Hall–Kier alpha value is -1.63. The van der Waals surface area contributed by atoms with Crippen molar-refractivity contribution < 1.29 is 22.4 Å². The van der Waals surface area contributed by atoms with Crippen LogP contribution in [0.3, 0.4) is 0 Å². The van der Waals surface area contributed by atoms with Crippen molar-refractivity contribution in [1.29, 1.82) is 0 Å². The molecule has 1 aromatic rings. The zero-order valence-electron chi connectivity index (χ0n) is 9.22. The molecule has 1 atom stereocenters. The highest BCUT2D eigenvalue weighted by Gasteiger charge is 2.31. The molecule has 2 N–H and O–H groups in total. The molecule has 1 saturated heterocycles. The van der Waals surface area contributed by atoms with Gasteiger partial charge in [0.1, 0.15) is 5.56 Å². The Morgan fingerprint density at radius 3 is 2.22 bits per heavy atom. The van der Waals surface area contributed by atoms with Gasteiger partial charge in [-0.25, -0.2) is 17.6 Å². The summed E-state index contributed by atoms with van der Waals surface area (Å²) in [6, 6.07) is -0.226. The molecule has 98 valence electrons. The summed E-state index contributed by atoms with van der Waals surface area (Å²) in [7, 11) is 0. The highest BCUT2D eigenvalue weighted by atomic mass is 19.2. The third kappa shape index (κ3) is 2.05. The molecule has 0 saturated carbocycles. The van der Waals surface area contributed by atoms with E-state index < -0.39 is 34.7 Å². The van der Waals surface area contributed by atoms with Crippen LogP contribution in [0.2, 0.25) is 0 Å². The molecule has 1 aliphatic heterocycles.